The van der Waals surface area contributed by atoms with Gasteiger partial charge in [-0.1, -0.05) is 18.6 Å². The third-order valence-corrected chi connectivity index (χ3v) is 5.18. The first-order chi connectivity index (χ1) is 8.94. The van der Waals surface area contributed by atoms with Gasteiger partial charge in [0.05, 0.1) is 6.04 Å². The quantitative estimate of drug-likeness (QED) is 0.648. The van der Waals surface area contributed by atoms with Crippen molar-refractivity contribution in [2.24, 2.45) is 5.73 Å². The van der Waals surface area contributed by atoms with Crippen LogP contribution in [-0.4, -0.2) is 31.1 Å². The highest BCUT2D eigenvalue weighted by molar-refractivity contribution is 7.89. The highest BCUT2D eigenvalue weighted by atomic mass is 32.2. The van der Waals surface area contributed by atoms with Crippen LogP contribution < -0.4 is 5.73 Å². The molecule has 0 radical (unpaired) electrons. The van der Waals surface area contributed by atoms with E-state index in [1.807, 2.05) is 0 Å². The third kappa shape index (κ3) is 2.62. The number of benzene rings is 1. The fourth-order valence-electron chi connectivity index (χ4n) is 2.28. The number of halogens is 1. The average Bonchev–Trinajstić information content (AvgIpc) is 2.39. The second-order valence-electron chi connectivity index (χ2n) is 4.51. The zero-order valence-corrected chi connectivity index (χ0v) is 11.2. The Labute approximate surface area is 111 Å². The molecule has 1 saturated heterocycles. The van der Waals surface area contributed by atoms with Gasteiger partial charge in [-0.2, -0.15) is 4.31 Å². The van der Waals surface area contributed by atoms with Gasteiger partial charge in [0, 0.05) is 6.54 Å². The molecule has 7 heteroatoms. The molecule has 1 unspecified atom stereocenters. The van der Waals surface area contributed by atoms with Gasteiger partial charge in [0.15, 0.2) is 0 Å². The van der Waals surface area contributed by atoms with E-state index in [9.17, 15) is 12.8 Å². The van der Waals surface area contributed by atoms with E-state index < -0.39 is 21.9 Å². The topological polar surface area (TPSA) is 87.2 Å². The van der Waals surface area contributed by atoms with Crippen LogP contribution in [0.5, 0.6) is 0 Å². The van der Waals surface area contributed by atoms with Crippen LogP contribution in [-0.2, 0) is 10.0 Å². The number of nitrogens with two attached hydrogens (primary N) is 1. The Kier molecular flexibility index (Phi) is 3.86. The van der Waals surface area contributed by atoms with Gasteiger partial charge in [0.2, 0.25) is 10.0 Å². The number of rotatable bonds is 3. The van der Waals surface area contributed by atoms with E-state index in [2.05, 4.69) is 0 Å². The van der Waals surface area contributed by atoms with E-state index in [-0.39, 0.29) is 17.3 Å². The summed E-state index contributed by atoms with van der Waals surface area (Å²) in [4.78, 5) is -0.358. The summed E-state index contributed by atoms with van der Waals surface area (Å²) >= 11 is 0. The summed E-state index contributed by atoms with van der Waals surface area (Å²) in [6.07, 6.45) is 2.01. The summed E-state index contributed by atoms with van der Waals surface area (Å²) in [7, 11) is -3.95. The maximum absolute atomic E-state index is 13.7. The molecule has 3 N–H and O–H groups in total. The Hall–Kier alpha value is -1.47. The van der Waals surface area contributed by atoms with E-state index in [1.54, 1.807) is 0 Å². The van der Waals surface area contributed by atoms with Crippen molar-refractivity contribution in [1.82, 2.24) is 4.31 Å². The van der Waals surface area contributed by atoms with Crippen molar-refractivity contribution in [3.05, 3.63) is 30.1 Å². The smallest absolute Gasteiger partial charge is 0.246 e. The molecule has 1 atom stereocenters. The van der Waals surface area contributed by atoms with Crippen molar-refractivity contribution in [2.45, 2.75) is 30.2 Å². The van der Waals surface area contributed by atoms with E-state index in [0.29, 0.717) is 12.8 Å². The molecule has 0 amide bonds. The maximum Gasteiger partial charge on any atom is 0.246 e. The van der Waals surface area contributed by atoms with Gasteiger partial charge >= 0.3 is 0 Å². The lowest BCUT2D eigenvalue weighted by atomic mass is 10.0. The first kappa shape index (κ1) is 14.0. The molecular weight excluding hydrogens is 269 g/mol. The Morgan fingerprint density at radius 1 is 1.37 bits per heavy atom. The number of nitrogens with one attached hydrogen (secondary N) is 1. The number of sulfonamides is 1. The normalized spacial score (nSPS) is 21.2. The Bertz CT molecular complexity index is 588. The highest BCUT2D eigenvalue weighted by Crippen LogP contribution is 2.26. The number of hydrogen-bond donors (Lipinski definition) is 2. The number of hydrogen-bond acceptors (Lipinski definition) is 3. The molecule has 0 saturated carbocycles. The van der Waals surface area contributed by atoms with Crippen molar-refractivity contribution in [3.63, 3.8) is 0 Å². The maximum atomic E-state index is 13.7. The standard InChI is InChI=1S/C12H16FN3O2S/c13-9-5-1-2-7-11(9)19(17,18)16-8-4-3-6-10(16)12(14)15/h1-2,5,7,10H,3-4,6,8H2,(H3,14,15). The van der Waals surface area contributed by atoms with Gasteiger partial charge in [-0.25, -0.2) is 12.8 Å². The molecular formula is C12H16FN3O2S. The summed E-state index contributed by atoms with van der Waals surface area (Å²) in [6.45, 7) is 0.265. The molecule has 1 aliphatic rings. The Morgan fingerprint density at radius 2 is 2.05 bits per heavy atom. The molecule has 0 spiro atoms. The Morgan fingerprint density at radius 3 is 2.68 bits per heavy atom. The number of piperidine rings is 1. The largest absolute Gasteiger partial charge is 0.386 e. The fourth-order valence-corrected chi connectivity index (χ4v) is 4.02. The minimum absolute atomic E-state index is 0.195. The molecule has 2 rings (SSSR count). The molecule has 5 nitrogen and oxygen atoms in total. The van der Waals surface area contributed by atoms with Crippen molar-refractivity contribution in [1.29, 1.82) is 5.41 Å². The van der Waals surface area contributed by atoms with Crippen LogP contribution in [0.1, 0.15) is 19.3 Å². The molecule has 1 fully saturated rings. The lowest BCUT2D eigenvalue weighted by Crippen LogP contribution is -2.50. The van der Waals surface area contributed by atoms with Gasteiger partial charge in [0.25, 0.3) is 0 Å². The van der Waals surface area contributed by atoms with Gasteiger partial charge in [-0.05, 0) is 25.0 Å². The van der Waals surface area contributed by atoms with Crippen molar-refractivity contribution < 1.29 is 12.8 Å². The van der Waals surface area contributed by atoms with Crippen LogP contribution in [0, 0.1) is 11.2 Å². The van der Waals surface area contributed by atoms with Gasteiger partial charge < -0.3 is 5.73 Å². The molecule has 1 aromatic rings. The van der Waals surface area contributed by atoms with Crippen LogP contribution in [0.25, 0.3) is 0 Å². The predicted octanol–water partition coefficient (Wildman–Crippen LogP) is 1.30. The van der Waals surface area contributed by atoms with Crippen molar-refractivity contribution in [3.8, 4) is 0 Å². The number of amidine groups is 1. The summed E-state index contributed by atoms with van der Waals surface area (Å²) in [6, 6.07) is 4.59. The predicted molar refractivity (Wildman–Crippen MR) is 69.8 cm³/mol. The third-order valence-electron chi connectivity index (χ3n) is 3.24. The van der Waals surface area contributed by atoms with E-state index in [4.69, 9.17) is 11.1 Å². The zero-order valence-electron chi connectivity index (χ0n) is 10.3. The SMILES string of the molecule is N=C(N)C1CCCCN1S(=O)(=O)c1ccccc1F. The average molecular weight is 285 g/mol. The lowest BCUT2D eigenvalue weighted by Gasteiger charge is -2.33. The minimum Gasteiger partial charge on any atom is -0.386 e. The monoisotopic (exact) mass is 285 g/mol. The lowest BCUT2D eigenvalue weighted by molar-refractivity contribution is 0.302. The first-order valence-electron chi connectivity index (χ1n) is 6.05. The Balaban J connectivity index is 2.43. The second kappa shape index (κ2) is 5.26. The molecule has 19 heavy (non-hydrogen) atoms. The molecule has 1 aliphatic heterocycles. The number of nitrogens with zero attached hydrogens (tertiary/aromatic N) is 1. The van der Waals surface area contributed by atoms with Crippen LogP contribution in [0.15, 0.2) is 29.2 Å². The summed E-state index contributed by atoms with van der Waals surface area (Å²) in [5, 5.41) is 7.49. The van der Waals surface area contributed by atoms with E-state index in [0.717, 1.165) is 16.8 Å². The van der Waals surface area contributed by atoms with Crippen LogP contribution in [0.2, 0.25) is 0 Å². The summed E-state index contributed by atoms with van der Waals surface area (Å²) < 4.78 is 39.7. The highest BCUT2D eigenvalue weighted by Gasteiger charge is 2.36. The van der Waals surface area contributed by atoms with Crippen LogP contribution >= 0.6 is 0 Å². The molecule has 0 aliphatic carbocycles. The van der Waals surface area contributed by atoms with Gasteiger partial charge in [-0.3, -0.25) is 5.41 Å². The fraction of sp³-hybridized carbons (Fsp3) is 0.417. The first-order valence-corrected chi connectivity index (χ1v) is 7.49. The molecule has 104 valence electrons. The van der Waals surface area contributed by atoms with E-state index >= 15 is 0 Å². The second-order valence-corrected chi connectivity index (χ2v) is 6.37. The van der Waals surface area contributed by atoms with Crippen molar-refractivity contribution in [2.75, 3.05) is 6.54 Å². The van der Waals surface area contributed by atoms with Crippen LogP contribution in [0.3, 0.4) is 0 Å². The van der Waals surface area contributed by atoms with Gasteiger partial charge in [-0.15, -0.1) is 0 Å². The minimum atomic E-state index is -3.95. The molecule has 0 aromatic heterocycles. The molecule has 1 heterocycles. The van der Waals surface area contributed by atoms with E-state index in [1.165, 1.54) is 18.2 Å². The summed E-state index contributed by atoms with van der Waals surface area (Å²) in [5.41, 5.74) is 5.45. The summed E-state index contributed by atoms with van der Waals surface area (Å²) in [5.74, 6) is -0.977. The zero-order chi connectivity index (χ0) is 14.0. The van der Waals surface area contributed by atoms with Gasteiger partial charge in [0.1, 0.15) is 16.5 Å². The molecule has 1 aromatic carbocycles. The van der Waals surface area contributed by atoms with Crippen LogP contribution in [0.4, 0.5) is 4.39 Å². The molecule has 0 bridgehead atoms. The van der Waals surface area contributed by atoms with Crippen molar-refractivity contribution >= 4 is 15.9 Å².